The maximum absolute atomic E-state index is 4.62. The largest absolute Gasteiger partial charge is 0.355 e. The van der Waals surface area contributed by atoms with Crippen molar-refractivity contribution in [3.05, 3.63) is 23.9 Å². The van der Waals surface area contributed by atoms with Crippen LogP contribution in [0.25, 0.3) is 0 Å². The second-order valence-electron chi connectivity index (χ2n) is 5.83. The van der Waals surface area contributed by atoms with Crippen LogP contribution in [0.5, 0.6) is 0 Å². The van der Waals surface area contributed by atoms with Crippen molar-refractivity contribution in [1.29, 1.82) is 0 Å². The highest BCUT2D eigenvalue weighted by atomic mass is 15.2. The monoisotopic (exact) mass is 276 g/mol. The fourth-order valence-electron chi connectivity index (χ4n) is 2.91. The normalized spacial score (nSPS) is 20.1. The van der Waals surface area contributed by atoms with Crippen LogP contribution < -0.4 is 10.2 Å². The molecule has 112 valence electrons. The van der Waals surface area contributed by atoms with Gasteiger partial charge in [-0.3, -0.25) is 0 Å². The lowest BCUT2D eigenvalue weighted by Crippen LogP contribution is -2.45. The molecule has 1 unspecified atom stereocenters. The molecule has 2 rings (SSSR count). The fourth-order valence-corrected chi connectivity index (χ4v) is 2.91. The lowest BCUT2D eigenvalue weighted by molar-refractivity contribution is 0.247. The van der Waals surface area contributed by atoms with Crippen molar-refractivity contribution in [3.8, 4) is 0 Å². The number of piperidine rings is 1. The Morgan fingerprint density at radius 1 is 1.50 bits per heavy atom. The topological polar surface area (TPSA) is 31.4 Å². The van der Waals surface area contributed by atoms with Crippen molar-refractivity contribution in [2.75, 3.05) is 38.6 Å². The van der Waals surface area contributed by atoms with E-state index in [0.717, 1.165) is 25.5 Å². The van der Waals surface area contributed by atoms with Crippen LogP contribution in [0.1, 0.15) is 31.7 Å². The lowest BCUT2D eigenvalue weighted by atomic mass is 10.0. The molecule has 2 heterocycles. The Kier molecular flexibility index (Phi) is 5.80. The van der Waals surface area contributed by atoms with Gasteiger partial charge < -0.3 is 15.1 Å². The lowest BCUT2D eigenvalue weighted by Gasteiger charge is -2.37. The summed E-state index contributed by atoms with van der Waals surface area (Å²) >= 11 is 0. The van der Waals surface area contributed by atoms with Crippen molar-refractivity contribution in [2.45, 2.75) is 38.8 Å². The molecule has 0 aliphatic carbocycles. The predicted octanol–water partition coefficient (Wildman–Crippen LogP) is 2.11. The molecule has 4 heteroatoms. The Bertz CT molecular complexity index is 407. The van der Waals surface area contributed by atoms with Crippen molar-refractivity contribution in [3.63, 3.8) is 0 Å². The van der Waals surface area contributed by atoms with Crippen molar-refractivity contribution in [1.82, 2.24) is 15.2 Å². The van der Waals surface area contributed by atoms with Crippen LogP contribution in [0.15, 0.2) is 18.3 Å². The Morgan fingerprint density at radius 3 is 3.10 bits per heavy atom. The van der Waals surface area contributed by atoms with E-state index in [1.165, 1.54) is 31.4 Å². The molecular formula is C16H28N4. The first-order chi connectivity index (χ1) is 9.72. The molecule has 1 fully saturated rings. The highest BCUT2D eigenvalue weighted by molar-refractivity contribution is 5.47. The number of nitrogens with one attached hydrogen (secondary N) is 1. The Balaban J connectivity index is 2.06. The number of nitrogens with zero attached hydrogens (tertiary/aromatic N) is 3. The average Bonchev–Trinajstić information content (AvgIpc) is 2.47. The minimum Gasteiger partial charge on any atom is -0.355 e. The minimum atomic E-state index is 0.577. The molecule has 1 saturated heterocycles. The van der Waals surface area contributed by atoms with E-state index < -0.39 is 0 Å². The van der Waals surface area contributed by atoms with Crippen LogP contribution in [-0.4, -0.2) is 49.7 Å². The zero-order valence-electron chi connectivity index (χ0n) is 13.1. The number of rotatable bonds is 6. The third-order valence-corrected chi connectivity index (χ3v) is 4.09. The smallest absolute Gasteiger partial charge is 0.133 e. The predicted molar refractivity (Wildman–Crippen MR) is 85.2 cm³/mol. The summed E-state index contributed by atoms with van der Waals surface area (Å²) in [5.41, 5.74) is 1.30. The van der Waals surface area contributed by atoms with Crippen LogP contribution in [0, 0.1) is 0 Å². The van der Waals surface area contributed by atoms with Gasteiger partial charge in [0.25, 0.3) is 0 Å². The number of likely N-dealkylation sites (N-methyl/N-ethyl adjacent to an activating group) is 2. The molecule has 1 aliphatic heterocycles. The fraction of sp³-hybridized carbons (Fsp3) is 0.688. The third-order valence-electron chi connectivity index (χ3n) is 4.09. The Morgan fingerprint density at radius 2 is 2.35 bits per heavy atom. The Labute approximate surface area is 123 Å². The van der Waals surface area contributed by atoms with E-state index in [4.69, 9.17) is 0 Å². The van der Waals surface area contributed by atoms with Gasteiger partial charge in [-0.25, -0.2) is 4.98 Å². The average molecular weight is 276 g/mol. The highest BCUT2D eigenvalue weighted by Gasteiger charge is 2.23. The van der Waals surface area contributed by atoms with E-state index in [-0.39, 0.29) is 0 Å². The second kappa shape index (κ2) is 7.60. The molecule has 20 heavy (non-hydrogen) atoms. The first-order valence-corrected chi connectivity index (χ1v) is 7.78. The second-order valence-corrected chi connectivity index (χ2v) is 5.83. The number of hydrogen-bond acceptors (Lipinski definition) is 4. The van der Waals surface area contributed by atoms with Gasteiger partial charge in [0.1, 0.15) is 5.82 Å². The van der Waals surface area contributed by atoms with Gasteiger partial charge in [0.15, 0.2) is 0 Å². The molecule has 0 amide bonds. The van der Waals surface area contributed by atoms with Gasteiger partial charge in [-0.1, -0.05) is 13.0 Å². The summed E-state index contributed by atoms with van der Waals surface area (Å²) in [4.78, 5) is 9.42. The quantitative estimate of drug-likeness (QED) is 0.806. The first-order valence-electron chi connectivity index (χ1n) is 7.78. The summed E-state index contributed by atoms with van der Waals surface area (Å²) in [5, 5.41) is 3.48. The number of hydrogen-bond donors (Lipinski definition) is 1. The summed E-state index contributed by atoms with van der Waals surface area (Å²) in [6, 6.07) is 4.80. The van der Waals surface area contributed by atoms with Gasteiger partial charge in [-0.2, -0.15) is 0 Å². The van der Waals surface area contributed by atoms with Crippen LogP contribution in [0.4, 0.5) is 5.82 Å². The van der Waals surface area contributed by atoms with Gasteiger partial charge in [0, 0.05) is 37.9 Å². The molecule has 0 bridgehead atoms. The van der Waals surface area contributed by atoms with E-state index in [2.05, 4.69) is 47.2 Å². The molecule has 1 N–H and O–H groups in total. The zero-order valence-corrected chi connectivity index (χ0v) is 13.1. The van der Waals surface area contributed by atoms with E-state index in [1.54, 1.807) is 0 Å². The summed E-state index contributed by atoms with van der Waals surface area (Å²) < 4.78 is 0. The zero-order chi connectivity index (χ0) is 14.4. The third kappa shape index (κ3) is 3.93. The standard InChI is InChI=1S/C16H28N4/c1-4-9-17-12-14-7-5-10-18-16(14)20(3)15-8-6-11-19(2)13-15/h5,7,10,15,17H,4,6,8-9,11-13H2,1-3H3. The highest BCUT2D eigenvalue weighted by Crippen LogP contribution is 2.22. The van der Waals surface area contributed by atoms with Crippen molar-refractivity contribution in [2.24, 2.45) is 0 Å². The van der Waals surface area contributed by atoms with E-state index in [9.17, 15) is 0 Å². The number of aromatic nitrogens is 1. The molecule has 0 aromatic carbocycles. The van der Waals surface area contributed by atoms with E-state index >= 15 is 0 Å². The SMILES string of the molecule is CCCNCc1cccnc1N(C)C1CCCN(C)C1. The van der Waals surface area contributed by atoms with Crippen LogP contribution in [0.3, 0.4) is 0 Å². The van der Waals surface area contributed by atoms with E-state index in [1.807, 2.05) is 12.3 Å². The van der Waals surface area contributed by atoms with Gasteiger partial charge in [0.05, 0.1) is 0 Å². The summed E-state index contributed by atoms with van der Waals surface area (Å²) in [6.45, 7) is 6.52. The van der Waals surface area contributed by atoms with E-state index in [0.29, 0.717) is 6.04 Å². The summed E-state index contributed by atoms with van der Waals surface area (Å²) in [7, 11) is 4.40. The Hall–Kier alpha value is -1.13. The van der Waals surface area contributed by atoms with Crippen molar-refractivity contribution >= 4 is 5.82 Å². The van der Waals surface area contributed by atoms with Gasteiger partial charge in [0.2, 0.25) is 0 Å². The molecule has 1 atom stereocenters. The number of pyridine rings is 1. The molecular weight excluding hydrogens is 248 g/mol. The molecule has 1 aromatic heterocycles. The summed E-state index contributed by atoms with van der Waals surface area (Å²) in [5.74, 6) is 1.14. The van der Waals surface area contributed by atoms with Crippen molar-refractivity contribution < 1.29 is 0 Å². The maximum Gasteiger partial charge on any atom is 0.133 e. The van der Waals surface area contributed by atoms with Gasteiger partial charge >= 0.3 is 0 Å². The summed E-state index contributed by atoms with van der Waals surface area (Å²) in [6.07, 6.45) is 5.61. The van der Waals surface area contributed by atoms with Crippen LogP contribution >= 0.6 is 0 Å². The van der Waals surface area contributed by atoms with Gasteiger partial charge in [-0.05, 0) is 45.5 Å². The molecule has 1 aliphatic rings. The molecule has 4 nitrogen and oxygen atoms in total. The number of likely N-dealkylation sites (tertiary alicyclic amines) is 1. The molecule has 1 aromatic rings. The molecule has 0 saturated carbocycles. The number of anilines is 1. The minimum absolute atomic E-state index is 0.577. The van der Waals surface area contributed by atoms with Crippen LogP contribution in [-0.2, 0) is 6.54 Å². The molecule has 0 spiro atoms. The molecule has 0 radical (unpaired) electrons. The maximum atomic E-state index is 4.62. The first kappa shape index (κ1) is 15.3. The van der Waals surface area contributed by atoms with Gasteiger partial charge in [-0.15, -0.1) is 0 Å². The van der Waals surface area contributed by atoms with Crippen LogP contribution in [0.2, 0.25) is 0 Å².